The minimum Gasteiger partial charge on any atom is -0.370 e. The number of benzene rings is 1. The molecule has 1 aromatic rings. The first-order valence-electron chi connectivity index (χ1n) is 6.21. The Morgan fingerprint density at radius 2 is 1.80 bits per heavy atom. The van der Waals surface area contributed by atoms with E-state index in [4.69, 9.17) is 5.73 Å². The summed E-state index contributed by atoms with van der Waals surface area (Å²) in [4.78, 5) is 15.6. The zero-order chi connectivity index (χ0) is 14.5. The van der Waals surface area contributed by atoms with Gasteiger partial charge in [0.05, 0.1) is 0 Å². The summed E-state index contributed by atoms with van der Waals surface area (Å²) in [5, 5.41) is 5.75. The van der Waals surface area contributed by atoms with Crippen LogP contribution in [0.25, 0.3) is 0 Å². The molecule has 0 spiro atoms. The van der Waals surface area contributed by atoms with Crippen LogP contribution in [0.15, 0.2) is 29.3 Å². The van der Waals surface area contributed by atoms with Crippen molar-refractivity contribution >= 4 is 41.5 Å². The van der Waals surface area contributed by atoms with Crippen LogP contribution in [0.3, 0.4) is 0 Å². The van der Waals surface area contributed by atoms with E-state index in [1.54, 1.807) is 0 Å². The molecule has 1 rings (SSSR count). The number of guanidine groups is 1. The number of nitrogens with two attached hydrogens (primary N) is 1. The molecule has 1 aromatic carbocycles. The molecule has 0 heterocycles. The van der Waals surface area contributed by atoms with Crippen molar-refractivity contribution in [1.29, 1.82) is 0 Å². The molecule has 0 radical (unpaired) electrons. The Bertz CT molecular complexity index is 463. The predicted octanol–water partition coefficient (Wildman–Crippen LogP) is 2.25. The van der Waals surface area contributed by atoms with Crippen molar-refractivity contribution in [2.45, 2.75) is 33.2 Å². The summed E-state index contributed by atoms with van der Waals surface area (Å²) in [7, 11) is 0. The van der Waals surface area contributed by atoms with Crippen molar-refractivity contribution in [2.24, 2.45) is 10.7 Å². The zero-order valence-electron chi connectivity index (χ0n) is 12.4. The minimum atomic E-state index is -0.258. The lowest BCUT2D eigenvalue weighted by Crippen LogP contribution is -2.42. The molecule has 0 aliphatic rings. The molecule has 0 saturated carbocycles. The Balaban J connectivity index is 0.00000361. The summed E-state index contributed by atoms with van der Waals surface area (Å²) >= 11 is 0. The Morgan fingerprint density at radius 3 is 2.30 bits per heavy atom. The number of nitrogens with zero attached hydrogens (tertiary/aromatic N) is 1. The fourth-order valence-corrected chi connectivity index (χ4v) is 1.44. The quantitative estimate of drug-likeness (QED) is 0.421. The van der Waals surface area contributed by atoms with Gasteiger partial charge in [0.1, 0.15) is 6.54 Å². The van der Waals surface area contributed by atoms with E-state index in [1.807, 2.05) is 52.0 Å². The first-order chi connectivity index (χ1) is 8.76. The second-order valence-corrected chi connectivity index (χ2v) is 5.49. The average molecular weight is 390 g/mol. The molecule has 20 heavy (non-hydrogen) atoms. The van der Waals surface area contributed by atoms with Crippen molar-refractivity contribution in [3.63, 3.8) is 0 Å². The number of hydrogen-bond donors (Lipinski definition) is 3. The van der Waals surface area contributed by atoms with E-state index in [2.05, 4.69) is 15.6 Å². The van der Waals surface area contributed by atoms with E-state index in [0.29, 0.717) is 0 Å². The highest BCUT2D eigenvalue weighted by molar-refractivity contribution is 14.0. The van der Waals surface area contributed by atoms with Gasteiger partial charge in [0.15, 0.2) is 5.96 Å². The third kappa shape index (κ3) is 7.98. The number of aliphatic imine (C=N–C) groups is 1. The molecule has 6 heteroatoms. The van der Waals surface area contributed by atoms with Gasteiger partial charge in [0.25, 0.3) is 0 Å². The summed E-state index contributed by atoms with van der Waals surface area (Å²) in [5.74, 6) is 0.0778. The number of rotatable bonds is 3. The third-order valence-corrected chi connectivity index (χ3v) is 2.23. The zero-order valence-corrected chi connectivity index (χ0v) is 14.7. The average Bonchev–Trinajstić information content (AvgIpc) is 2.27. The van der Waals surface area contributed by atoms with Crippen LogP contribution < -0.4 is 16.4 Å². The molecule has 1 amide bonds. The second-order valence-electron chi connectivity index (χ2n) is 5.49. The highest BCUT2D eigenvalue weighted by atomic mass is 127. The molecule has 0 aliphatic heterocycles. The predicted molar refractivity (Wildman–Crippen MR) is 94.6 cm³/mol. The van der Waals surface area contributed by atoms with Gasteiger partial charge in [-0.1, -0.05) is 17.7 Å². The monoisotopic (exact) mass is 390 g/mol. The molecule has 4 N–H and O–H groups in total. The van der Waals surface area contributed by atoms with E-state index in [0.717, 1.165) is 5.69 Å². The highest BCUT2D eigenvalue weighted by Crippen LogP contribution is 2.07. The van der Waals surface area contributed by atoms with Crippen molar-refractivity contribution in [1.82, 2.24) is 5.32 Å². The van der Waals surface area contributed by atoms with E-state index >= 15 is 0 Å². The smallest absolute Gasteiger partial charge is 0.242 e. The van der Waals surface area contributed by atoms with Crippen LogP contribution in [-0.2, 0) is 4.79 Å². The lowest BCUT2D eigenvalue weighted by molar-refractivity contribution is -0.121. The molecule has 0 fully saturated rings. The van der Waals surface area contributed by atoms with E-state index in [9.17, 15) is 4.79 Å². The molecule has 0 aliphatic carbocycles. The highest BCUT2D eigenvalue weighted by Gasteiger charge is 2.12. The fraction of sp³-hybridized carbons (Fsp3) is 0.429. The van der Waals surface area contributed by atoms with Crippen LogP contribution in [0.5, 0.6) is 0 Å². The third-order valence-electron chi connectivity index (χ3n) is 2.23. The maximum Gasteiger partial charge on any atom is 0.242 e. The molecule has 0 bridgehead atoms. The van der Waals surface area contributed by atoms with Gasteiger partial charge in [-0.25, -0.2) is 4.99 Å². The number of amides is 1. The van der Waals surface area contributed by atoms with Gasteiger partial charge >= 0.3 is 0 Å². The molecule has 0 saturated heterocycles. The number of anilines is 1. The second kappa shape index (κ2) is 8.08. The topological polar surface area (TPSA) is 79.5 Å². The van der Waals surface area contributed by atoms with Gasteiger partial charge < -0.3 is 16.4 Å². The van der Waals surface area contributed by atoms with Crippen LogP contribution in [0.2, 0.25) is 0 Å². The first kappa shape index (κ1) is 18.7. The van der Waals surface area contributed by atoms with Crippen LogP contribution in [0.4, 0.5) is 5.69 Å². The SMILES string of the molecule is Cc1ccc(NC(N)=NCC(=O)NC(C)(C)C)cc1.I. The number of carbonyl (C=O) groups is 1. The molecule has 5 nitrogen and oxygen atoms in total. The Hall–Kier alpha value is -1.31. The van der Waals surface area contributed by atoms with Crippen LogP contribution in [-0.4, -0.2) is 24.0 Å². The van der Waals surface area contributed by atoms with Crippen LogP contribution >= 0.6 is 24.0 Å². The van der Waals surface area contributed by atoms with Crippen LogP contribution in [0.1, 0.15) is 26.3 Å². The summed E-state index contributed by atoms with van der Waals surface area (Å²) < 4.78 is 0. The van der Waals surface area contributed by atoms with Crippen molar-refractivity contribution in [2.75, 3.05) is 11.9 Å². The van der Waals surface area contributed by atoms with Gasteiger partial charge in [-0.05, 0) is 39.8 Å². The summed E-state index contributed by atoms with van der Waals surface area (Å²) in [6, 6.07) is 7.77. The first-order valence-corrected chi connectivity index (χ1v) is 6.21. The number of aryl methyl sites for hydroxylation is 1. The Kier molecular flexibility index (Phi) is 7.55. The van der Waals surface area contributed by atoms with E-state index in [1.165, 1.54) is 5.56 Å². The Morgan fingerprint density at radius 1 is 1.25 bits per heavy atom. The van der Waals surface area contributed by atoms with Crippen molar-refractivity contribution in [3.05, 3.63) is 29.8 Å². The van der Waals surface area contributed by atoms with E-state index in [-0.39, 0.29) is 47.9 Å². The van der Waals surface area contributed by atoms with Crippen LogP contribution in [0, 0.1) is 6.92 Å². The Labute approximate surface area is 137 Å². The van der Waals surface area contributed by atoms with Gasteiger partial charge in [-0.2, -0.15) is 0 Å². The number of hydrogen-bond acceptors (Lipinski definition) is 2. The minimum absolute atomic E-state index is 0. The summed E-state index contributed by atoms with van der Waals surface area (Å²) in [6.45, 7) is 7.79. The molecule has 112 valence electrons. The normalized spacial score (nSPS) is 11.5. The molecule has 0 atom stereocenters. The maximum atomic E-state index is 11.6. The number of nitrogens with one attached hydrogen (secondary N) is 2. The van der Waals surface area contributed by atoms with Crippen molar-refractivity contribution in [3.8, 4) is 0 Å². The van der Waals surface area contributed by atoms with E-state index < -0.39 is 0 Å². The largest absolute Gasteiger partial charge is 0.370 e. The van der Waals surface area contributed by atoms with Gasteiger partial charge in [0, 0.05) is 11.2 Å². The number of halogens is 1. The fourth-order valence-electron chi connectivity index (χ4n) is 1.44. The van der Waals surface area contributed by atoms with Gasteiger partial charge in [-0.15, -0.1) is 24.0 Å². The summed E-state index contributed by atoms with van der Waals surface area (Å²) in [5.41, 5.74) is 7.48. The lowest BCUT2D eigenvalue weighted by Gasteiger charge is -2.19. The molecule has 0 unspecified atom stereocenters. The maximum absolute atomic E-state index is 11.6. The standard InChI is InChI=1S/C14H22N4O.HI/c1-10-5-7-11(8-6-10)17-13(15)16-9-12(19)18-14(2,3)4;/h5-8H,9H2,1-4H3,(H,18,19)(H3,15,16,17);1H. The number of carbonyl (C=O) groups excluding carboxylic acids is 1. The lowest BCUT2D eigenvalue weighted by atomic mass is 10.1. The van der Waals surface area contributed by atoms with Gasteiger partial charge in [-0.3, -0.25) is 4.79 Å². The molecular formula is C14H23IN4O. The molecule has 0 aromatic heterocycles. The van der Waals surface area contributed by atoms with Gasteiger partial charge in [0.2, 0.25) is 5.91 Å². The van der Waals surface area contributed by atoms with Crippen molar-refractivity contribution < 1.29 is 4.79 Å². The summed E-state index contributed by atoms with van der Waals surface area (Å²) in [6.07, 6.45) is 0. The molecular weight excluding hydrogens is 367 g/mol.